The quantitative estimate of drug-likeness (QED) is 0.652. The molecule has 1 saturated carbocycles. The summed E-state index contributed by atoms with van der Waals surface area (Å²) in [5.74, 6) is 0. The van der Waals surface area contributed by atoms with E-state index in [1.54, 1.807) is 0 Å². The monoisotopic (exact) mass is 212 g/mol. The third kappa shape index (κ3) is 3.44. The molecule has 1 aliphatic heterocycles. The van der Waals surface area contributed by atoms with Crippen LogP contribution in [0.1, 0.15) is 44.9 Å². The first-order valence-electron chi connectivity index (χ1n) is 6.45. The van der Waals surface area contributed by atoms with Crippen molar-refractivity contribution in [1.82, 2.24) is 10.6 Å². The molecule has 0 radical (unpaired) electrons. The molecule has 0 aromatic carbocycles. The third-order valence-corrected chi connectivity index (χ3v) is 3.79. The second kappa shape index (κ2) is 5.28. The molecule has 3 N–H and O–H groups in total. The fraction of sp³-hybridized carbons (Fsp3) is 1.00. The van der Waals surface area contributed by atoms with Crippen LogP contribution in [0.3, 0.4) is 0 Å². The highest BCUT2D eigenvalue weighted by atomic mass is 16.3. The van der Waals surface area contributed by atoms with Gasteiger partial charge < -0.3 is 15.7 Å². The van der Waals surface area contributed by atoms with Crippen molar-refractivity contribution < 1.29 is 5.11 Å². The van der Waals surface area contributed by atoms with Gasteiger partial charge in [-0.3, -0.25) is 0 Å². The average Bonchev–Trinajstić information content (AvgIpc) is 2.67. The first-order valence-corrected chi connectivity index (χ1v) is 6.45. The lowest BCUT2D eigenvalue weighted by atomic mass is 10.0. The van der Waals surface area contributed by atoms with E-state index in [1.165, 1.54) is 32.1 Å². The van der Waals surface area contributed by atoms with Crippen LogP contribution in [0.15, 0.2) is 0 Å². The Labute approximate surface area is 92.6 Å². The highest BCUT2D eigenvalue weighted by Gasteiger charge is 2.30. The van der Waals surface area contributed by atoms with Crippen LogP contribution in [-0.2, 0) is 0 Å². The second-order valence-corrected chi connectivity index (χ2v) is 5.21. The first-order chi connectivity index (χ1) is 7.29. The zero-order chi connectivity index (χ0) is 10.6. The largest absolute Gasteiger partial charge is 0.389 e. The summed E-state index contributed by atoms with van der Waals surface area (Å²) < 4.78 is 0. The molecule has 2 aliphatic rings. The van der Waals surface area contributed by atoms with Crippen LogP contribution < -0.4 is 10.6 Å². The molecule has 88 valence electrons. The van der Waals surface area contributed by atoms with Gasteiger partial charge in [0.25, 0.3) is 0 Å². The summed E-state index contributed by atoms with van der Waals surface area (Å²) in [6.07, 6.45) is 8.31. The molecule has 2 rings (SSSR count). The van der Waals surface area contributed by atoms with E-state index in [-0.39, 0.29) is 0 Å². The average molecular weight is 212 g/mol. The highest BCUT2D eigenvalue weighted by Crippen LogP contribution is 2.28. The van der Waals surface area contributed by atoms with Crippen LogP contribution >= 0.6 is 0 Å². The van der Waals surface area contributed by atoms with Gasteiger partial charge in [0.05, 0.1) is 5.60 Å². The lowest BCUT2D eigenvalue weighted by Gasteiger charge is -2.27. The first kappa shape index (κ1) is 11.4. The van der Waals surface area contributed by atoms with Gasteiger partial charge in [-0.2, -0.15) is 0 Å². The Morgan fingerprint density at radius 1 is 1.20 bits per heavy atom. The van der Waals surface area contributed by atoms with Gasteiger partial charge >= 0.3 is 0 Å². The minimum Gasteiger partial charge on any atom is -0.389 e. The van der Waals surface area contributed by atoms with Crippen molar-refractivity contribution in [1.29, 1.82) is 0 Å². The van der Waals surface area contributed by atoms with Crippen molar-refractivity contribution in [3.05, 3.63) is 0 Å². The molecule has 0 bridgehead atoms. The number of hydrogen-bond acceptors (Lipinski definition) is 3. The van der Waals surface area contributed by atoms with E-state index in [9.17, 15) is 5.11 Å². The van der Waals surface area contributed by atoms with Crippen molar-refractivity contribution in [2.24, 2.45) is 0 Å². The minimum absolute atomic E-state index is 0.394. The molecule has 3 heteroatoms. The Bertz CT molecular complexity index is 184. The summed E-state index contributed by atoms with van der Waals surface area (Å²) in [4.78, 5) is 0. The van der Waals surface area contributed by atoms with Crippen LogP contribution in [0.2, 0.25) is 0 Å². The lowest BCUT2D eigenvalue weighted by Crippen LogP contribution is -2.46. The molecule has 0 spiro atoms. The van der Waals surface area contributed by atoms with Crippen LogP contribution in [0.25, 0.3) is 0 Å². The van der Waals surface area contributed by atoms with Crippen molar-refractivity contribution in [3.8, 4) is 0 Å². The number of piperidine rings is 1. The molecule has 1 saturated heterocycles. The predicted molar refractivity (Wildman–Crippen MR) is 61.9 cm³/mol. The normalized spacial score (nSPS) is 30.6. The molecule has 15 heavy (non-hydrogen) atoms. The van der Waals surface area contributed by atoms with E-state index in [4.69, 9.17) is 0 Å². The fourth-order valence-electron chi connectivity index (χ4n) is 2.79. The molecular formula is C12H24N2O. The van der Waals surface area contributed by atoms with Crippen LogP contribution in [-0.4, -0.2) is 36.4 Å². The second-order valence-electron chi connectivity index (χ2n) is 5.21. The predicted octanol–water partition coefficient (Wildman–Crippen LogP) is 1.02. The summed E-state index contributed by atoms with van der Waals surface area (Å²) in [6.45, 7) is 2.96. The molecule has 2 fully saturated rings. The van der Waals surface area contributed by atoms with E-state index < -0.39 is 5.60 Å². The molecule has 1 atom stereocenters. The number of hydrogen-bond donors (Lipinski definition) is 3. The molecule has 0 aromatic rings. The van der Waals surface area contributed by atoms with Gasteiger partial charge in [-0.15, -0.1) is 0 Å². The number of aliphatic hydroxyl groups is 1. The smallest absolute Gasteiger partial charge is 0.0771 e. The third-order valence-electron chi connectivity index (χ3n) is 3.79. The zero-order valence-electron chi connectivity index (χ0n) is 9.60. The Balaban J connectivity index is 1.61. The Morgan fingerprint density at radius 2 is 2.00 bits per heavy atom. The Morgan fingerprint density at radius 3 is 2.67 bits per heavy atom. The van der Waals surface area contributed by atoms with Gasteiger partial charge in [-0.05, 0) is 32.2 Å². The summed E-state index contributed by atoms with van der Waals surface area (Å²) in [7, 11) is 0. The molecule has 3 nitrogen and oxygen atoms in total. The van der Waals surface area contributed by atoms with Crippen molar-refractivity contribution in [2.45, 2.75) is 56.6 Å². The van der Waals surface area contributed by atoms with E-state index in [2.05, 4.69) is 10.6 Å². The topological polar surface area (TPSA) is 44.3 Å². The van der Waals surface area contributed by atoms with E-state index >= 15 is 0 Å². The van der Waals surface area contributed by atoms with Gasteiger partial charge in [-0.1, -0.05) is 19.3 Å². The summed E-state index contributed by atoms with van der Waals surface area (Å²) in [5, 5.41) is 17.1. The fourth-order valence-corrected chi connectivity index (χ4v) is 2.79. The van der Waals surface area contributed by atoms with Crippen molar-refractivity contribution >= 4 is 0 Å². The summed E-state index contributed by atoms with van der Waals surface area (Å²) in [5.41, 5.74) is -0.394. The molecule has 0 amide bonds. The highest BCUT2D eigenvalue weighted by molar-refractivity contribution is 4.87. The Hall–Kier alpha value is -0.120. The van der Waals surface area contributed by atoms with Crippen LogP contribution in [0, 0.1) is 0 Å². The van der Waals surface area contributed by atoms with Gasteiger partial charge in [0.15, 0.2) is 0 Å². The zero-order valence-corrected chi connectivity index (χ0v) is 9.60. The minimum atomic E-state index is -0.394. The van der Waals surface area contributed by atoms with Crippen molar-refractivity contribution in [2.75, 3.05) is 19.6 Å². The number of rotatable bonds is 4. The lowest BCUT2D eigenvalue weighted by molar-refractivity contribution is 0.0471. The standard InChI is InChI=1S/C12H24N2O/c15-12(6-2-3-7-12)10-13-9-11-5-1-4-8-14-11/h11,13-15H,1-10H2. The molecule has 0 aromatic heterocycles. The van der Waals surface area contributed by atoms with Gasteiger partial charge in [0.1, 0.15) is 0 Å². The maximum absolute atomic E-state index is 10.1. The molecule has 1 heterocycles. The molecular weight excluding hydrogens is 188 g/mol. The van der Waals surface area contributed by atoms with Crippen LogP contribution in [0.4, 0.5) is 0 Å². The maximum Gasteiger partial charge on any atom is 0.0771 e. The van der Waals surface area contributed by atoms with Crippen molar-refractivity contribution in [3.63, 3.8) is 0 Å². The van der Waals surface area contributed by atoms with Crippen LogP contribution in [0.5, 0.6) is 0 Å². The van der Waals surface area contributed by atoms with E-state index in [0.29, 0.717) is 6.04 Å². The Kier molecular flexibility index (Phi) is 4.00. The molecule has 1 aliphatic carbocycles. The molecule has 1 unspecified atom stereocenters. The summed E-state index contributed by atoms with van der Waals surface area (Å²) in [6, 6.07) is 0.628. The van der Waals surface area contributed by atoms with Gasteiger partial charge in [0, 0.05) is 19.1 Å². The maximum atomic E-state index is 10.1. The summed E-state index contributed by atoms with van der Waals surface area (Å²) >= 11 is 0. The van der Waals surface area contributed by atoms with E-state index in [1.807, 2.05) is 0 Å². The van der Waals surface area contributed by atoms with Gasteiger partial charge in [0.2, 0.25) is 0 Å². The van der Waals surface area contributed by atoms with E-state index in [0.717, 1.165) is 32.5 Å². The number of nitrogens with one attached hydrogen (secondary N) is 2. The SMILES string of the molecule is OC1(CNCC2CCCCN2)CCCC1. The van der Waals surface area contributed by atoms with Gasteiger partial charge in [-0.25, -0.2) is 0 Å².